The summed E-state index contributed by atoms with van der Waals surface area (Å²) in [7, 11) is -3.34. The van der Waals surface area contributed by atoms with Gasteiger partial charge < -0.3 is 14.4 Å². The van der Waals surface area contributed by atoms with Crippen molar-refractivity contribution in [2.75, 3.05) is 44.3 Å². The quantitative estimate of drug-likeness (QED) is 0.771. The highest BCUT2D eigenvalue weighted by Gasteiger charge is 2.44. The Morgan fingerprint density at radius 1 is 0.962 bits per heavy atom. The Kier molecular flexibility index (Phi) is 4.72. The van der Waals surface area contributed by atoms with Gasteiger partial charge in [-0.2, -0.15) is 4.31 Å². The van der Waals surface area contributed by atoms with Crippen molar-refractivity contribution in [2.45, 2.75) is 31.2 Å². The molecule has 0 bridgehead atoms. The number of rotatable bonds is 3. The molecule has 9 heteroatoms. The number of piperazine rings is 1. The Balaban J connectivity index is 1.44. The molecule has 0 spiro atoms. The van der Waals surface area contributed by atoms with E-state index in [4.69, 9.17) is 9.47 Å². The largest absolute Gasteiger partial charge is 0.486 e. The van der Waals surface area contributed by atoms with Crippen molar-refractivity contribution < 1.29 is 17.9 Å². The van der Waals surface area contributed by atoms with Gasteiger partial charge >= 0.3 is 0 Å². The lowest BCUT2D eigenvalue weighted by atomic mass is 10.2. The molecule has 3 aliphatic heterocycles. The molecule has 26 heavy (non-hydrogen) atoms. The Morgan fingerprint density at radius 3 is 2.23 bits per heavy atom. The summed E-state index contributed by atoms with van der Waals surface area (Å²) in [6, 6.07) is 5.70. The van der Waals surface area contributed by atoms with Crippen LogP contribution in [0, 0.1) is 0 Å². The molecule has 0 amide bonds. The second-order valence-corrected chi connectivity index (χ2v) is 9.18. The van der Waals surface area contributed by atoms with Crippen LogP contribution >= 0.6 is 0 Å². The van der Waals surface area contributed by atoms with Gasteiger partial charge in [0.15, 0.2) is 11.5 Å². The van der Waals surface area contributed by atoms with Gasteiger partial charge in [0.2, 0.25) is 10.0 Å². The molecule has 0 saturated carbocycles. The van der Waals surface area contributed by atoms with Crippen molar-refractivity contribution >= 4 is 15.7 Å². The molecular weight excluding hydrogens is 356 g/mol. The first-order valence-electron chi connectivity index (χ1n) is 9.11. The molecule has 3 heterocycles. The van der Waals surface area contributed by atoms with Crippen molar-refractivity contribution in [3.63, 3.8) is 0 Å². The van der Waals surface area contributed by atoms with Crippen LogP contribution in [0.25, 0.3) is 0 Å². The van der Waals surface area contributed by atoms with E-state index in [2.05, 4.69) is 15.8 Å². The summed E-state index contributed by atoms with van der Waals surface area (Å²) in [5.74, 6) is 1.53. The molecule has 2 N–H and O–H groups in total. The summed E-state index contributed by atoms with van der Waals surface area (Å²) in [6.45, 7) is 7.26. The topological polar surface area (TPSA) is 83.1 Å². The molecule has 2 atom stereocenters. The number of hydrazine groups is 1. The first kappa shape index (κ1) is 17.8. The zero-order valence-electron chi connectivity index (χ0n) is 15.1. The van der Waals surface area contributed by atoms with Crippen LogP contribution in [0.2, 0.25) is 0 Å². The second-order valence-electron chi connectivity index (χ2n) is 7.09. The number of fused-ring (bicyclic) bond motifs is 1. The fraction of sp³-hybridized carbons (Fsp3) is 0.647. The number of anilines is 1. The number of benzene rings is 1. The highest BCUT2D eigenvalue weighted by atomic mass is 32.2. The molecule has 1 aromatic carbocycles. The molecule has 2 saturated heterocycles. The van der Waals surface area contributed by atoms with E-state index >= 15 is 0 Å². The lowest BCUT2D eigenvalue weighted by Gasteiger charge is -2.37. The maximum Gasteiger partial charge on any atom is 0.220 e. The molecule has 1 aromatic rings. The fourth-order valence-electron chi connectivity index (χ4n) is 3.98. The minimum absolute atomic E-state index is 0.106. The van der Waals surface area contributed by atoms with E-state index in [-0.39, 0.29) is 12.1 Å². The monoisotopic (exact) mass is 382 g/mol. The molecule has 0 radical (unpaired) electrons. The van der Waals surface area contributed by atoms with Gasteiger partial charge in [-0.05, 0) is 26.0 Å². The van der Waals surface area contributed by atoms with E-state index in [1.807, 2.05) is 32.0 Å². The van der Waals surface area contributed by atoms with E-state index in [9.17, 15) is 8.42 Å². The summed E-state index contributed by atoms with van der Waals surface area (Å²) >= 11 is 0. The molecule has 2 fully saturated rings. The third-order valence-corrected chi connectivity index (χ3v) is 7.95. The minimum Gasteiger partial charge on any atom is -0.486 e. The van der Waals surface area contributed by atoms with Crippen molar-refractivity contribution in [3.8, 4) is 11.5 Å². The number of hydrogen-bond acceptors (Lipinski definition) is 7. The van der Waals surface area contributed by atoms with E-state index in [1.54, 1.807) is 4.31 Å². The summed E-state index contributed by atoms with van der Waals surface area (Å²) in [4.78, 5) is 2.20. The Labute approximate surface area is 154 Å². The average molecular weight is 382 g/mol. The van der Waals surface area contributed by atoms with Gasteiger partial charge in [-0.1, -0.05) is 0 Å². The Hall–Kier alpha value is -1.55. The molecule has 0 aliphatic carbocycles. The minimum atomic E-state index is -3.34. The molecule has 2 unspecified atom stereocenters. The van der Waals surface area contributed by atoms with Gasteiger partial charge in [-0.15, -0.1) is 0 Å². The summed E-state index contributed by atoms with van der Waals surface area (Å²) < 4.78 is 38.9. The predicted molar refractivity (Wildman–Crippen MR) is 99.1 cm³/mol. The van der Waals surface area contributed by atoms with Gasteiger partial charge in [0.05, 0.1) is 0 Å². The fourth-order valence-corrected chi connectivity index (χ4v) is 6.16. The standard InChI is InChI=1S/C17H26N4O4S/c1-12-17(13(2)19-18-12)26(22,23)21-7-5-20(6-8-21)14-3-4-15-16(11-14)25-10-9-24-15/h3-4,11-13,17-19H,5-10H2,1-2H3. The number of nitrogens with one attached hydrogen (secondary N) is 2. The number of sulfonamides is 1. The maximum atomic E-state index is 13.0. The van der Waals surface area contributed by atoms with Crippen LogP contribution in [0.1, 0.15) is 13.8 Å². The van der Waals surface area contributed by atoms with Crippen LogP contribution < -0.4 is 25.2 Å². The van der Waals surface area contributed by atoms with E-state index in [1.165, 1.54) is 0 Å². The van der Waals surface area contributed by atoms with Gasteiger partial charge in [0.25, 0.3) is 0 Å². The first-order valence-corrected chi connectivity index (χ1v) is 10.6. The van der Waals surface area contributed by atoms with Crippen molar-refractivity contribution in [3.05, 3.63) is 18.2 Å². The van der Waals surface area contributed by atoms with Crippen LogP contribution in [-0.2, 0) is 10.0 Å². The third kappa shape index (κ3) is 3.13. The van der Waals surface area contributed by atoms with Gasteiger partial charge in [-0.3, -0.25) is 10.9 Å². The zero-order chi connectivity index (χ0) is 18.3. The highest BCUT2D eigenvalue weighted by molar-refractivity contribution is 7.89. The first-order chi connectivity index (χ1) is 12.5. The van der Waals surface area contributed by atoms with Crippen LogP contribution in [0.4, 0.5) is 5.69 Å². The second kappa shape index (κ2) is 6.88. The van der Waals surface area contributed by atoms with Crippen molar-refractivity contribution in [2.24, 2.45) is 0 Å². The Morgan fingerprint density at radius 2 is 1.58 bits per heavy atom. The van der Waals surface area contributed by atoms with Crippen LogP contribution in [0.15, 0.2) is 18.2 Å². The predicted octanol–water partition coefficient (Wildman–Crippen LogP) is 0.163. The van der Waals surface area contributed by atoms with Crippen LogP contribution in [-0.4, -0.2) is 69.4 Å². The normalized spacial score (nSPS) is 29.8. The maximum absolute atomic E-state index is 13.0. The summed E-state index contributed by atoms with van der Waals surface area (Å²) in [5, 5.41) is -0.441. The van der Waals surface area contributed by atoms with E-state index in [0.29, 0.717) is 39.4 Å². The molecular formula is C17H26N4O4S. The lowest BCUT2D eigenvalue weighted by Crippen LogP contribution is -2.54. The molecule has 3 aliphatic rings. The Bertz CT molecular complexity index is 754. The number of ether oxygens (including phenoxy) is 2. The smallest absolute Gasteiger partial charge is 0.220 e. The van der Waals surface area contributed by atoms with Crippen molar-refractivity contribution in [1.82, 2.24) is 15.2 Å². The molecule has 8 nitrogen and oxygen atoms in total. The van der Waals surface area contributed by atoms with Gasteiger partial charge in [0, 0.05) is 50.0 Å². The highest BCUT2D eigenvalue weighted by Crippen LogP contribution is 2.34. The van der Waals surface area contributed by atoms with E-state index < -0.39 is 15.3 Å². The molecule has 4 rings (SSSR count). The van der Waals surface area contributed by atoms with Gasteiger partial charge in [-0.25, -0.2) is 8.42 Å². The van der Waals surface area contributed by atoms with Gasteiger partial charge in [0.1, 0.15) is 18.5 Å². The number of nitrogens with zero attached hydrogens (tertiary/aromatic N) is 2. The third-order valence-electron chi connectivity index (χ3n) is 5.36. The average Bonchev–Trinajstić information content (AvgIpc) is 3.00. The summed E-state index contributed by atoms with van der Waals surface area (Å²) in [6.07, 6.45) is 0. The molecule has 0 aromatic heterocycles. The summed E-state index contributed by atoms with van der Waals surface area (Å²) in [5.41, 5.74) is 7.11. The lowest BCUT2D eigenvalue weighted by molar-refractivity contribution is 0.171. The zero-order valence-corrected chi connectivity index (χ0v) is 16.0. The van der Waals surface area contributed by atoms with Crippen molar-refractivity contribution in [1.29, 1.82) is 0 Å². The SMILES string of the molecule is CC1NNC(C)C1S(=O)(=O)N1CCN(c2ccc3c(c2)OCCO3)CC1. The molecule has 144 valence electrons. The number of hydrogen-bond donors (Lipinski definition) is 2. The van der Waals surface area contributed by atoms with E-state index in [0.717, 1.165) is 17.2 Å². The van der Waals surface area contributed by atoms with Crippen LogP contribution in [0.5, 0.6) is 11.5 Å². The van der Waals surface area contributed by atoms with Crippen LogP contribution in [0.3, 0.4) is 0 Å².